The summed E-state index contributed by atoms with van der Waals surface area (Å²) in [5.41, 5.74) is 1.28. The molecule has 0 aliphatic carbocycles. The van der Waals surface area contributed by atoms with Crippen LogP contribution in [0.15, 0.2) is 24.4 Å². The monoisotopic (exact) mass is 439 g/mol. The van der Waals surface area contributed by atoms with Crippen molar-refractivity contribution in [1.82, 2.24) is 35.5 Å². The Labute approximate surface area is 185 Å². The normalized spacial score (nSPS) is 18.9. The maximum atomic E-state index is 14.5. The molecule has 4 heterocycles. The predicted molar refractivity (Wildman–Crippen MR) is 117 cm³/mol. The van der Waals surface area contributed by atoms with Crippen LogP contribution in [0.5, 0.6) is 5.75 Å². The molecule has 2 aromatic heterocycles. The zero-order valence-corrected chi connectivity index (χ0v) is 18.5. The summed E-state index contributed by atoms with van der Waals surface area (Å²) in [6.07, 6.45) is 2.87. The highest BCUT2D eigenvalue weighted by molar-refractivity contribution is 5.63. The molecule has 3 N–H and O–H groups in total. The Kier molecular flexibility index (Phi) is 4.73. The smallest absolute Gasteiger partial charge is 0.229 e. The van der Waals surface area contributed by atoms with Gasteiger partial charge in [0.15, 0.2) is 17.5 Å². The highest BCUT2D eigenvalue weighted by Crippen LogP contribution is 2.32. The third-order valence-electron chi connectivity index (χ3n) is 5.61. The van der Waals surface area contributed by atoms with Crippen LogP contribution in [-0.2, 0) is 6.61 Å². The lowest BCUT2D eigenvalue weighted by atomic mass is 9.79. The number of ether oxygens (including phenoxy) is 1. The molecule has 168 valence electrons. The zero-order chi connectivity index (χ0) is 22.5. The Bertz CT molecular complexity index is 1140. The number of halogens is 1. The fourth-order valence-electron chi connectivity index (χ4n) is 4.78. The van der Waals surface area contributed by atoms with Crippen molar-refractivity contribution in [3.05, 3.63) is 36.0 Å². The van der Waals surface area contributed by atoms with Crippen molar-refractivity contribution in [1.29, 1.82) is 0 Å². The molecule has 0 radical (unpaired) electrons. The van der Waals surface area contributed by atoms with Gasteiger partial charge in [-0.1, -0.05) is 0 Å². The van der Waals surface area contributed by atoms with Crippen molar-refractivity contribution in [2.75, 3.05) is 10.6 Å². The second-order valence-corrected chi connectivity index (χ2v) is 9.64. The second kappa shape index (κ2) is 7.37. The van der Waals surface area contributed by atoms with Crippen molar-refractivity contribution in [3.63, 3.8) is 0 Å². The first-order chi connectivity index (χ1) is 15.2. The van der Waals surface area contributed by atoms with Crippen molar-refractivity contribution in [2.24, 2.45) is 0 Å². The van der Waals surface area contributed by atoms with Crippen molar-refractivity contribution in [2.45, 2.75) is 64.3 Å². The molecular weight excluding hydrogens is 413 g/mol. The minimum atomic E-state index is -0.484. The number of hydrogen-bond donors (Lipinski definition) is 3. The first-order valence-corrected chi connectivity index (χ1v) is 10.6. The number of fused-ring (bicyclic) bond motifs is 3. The van der Waals surface area contributed by atoms with Crippen LogP contribution >= 0.6 is 0 Å². The van der Waals surface area contributed by atoms with E-state index >= 15 is 0 Å². The SMILES string of the molecule is CC1(C)CC(Nc2nc(Nc3ccc4c(c3)-n3nnnc3CO4)ncc2F)CC(C)(C)N1. The number of hydrogen-bond acceptors (Lipinski definition) is 9. The first-order valence-electron chi connectivity index (χ1n) is 10.6. The number of nitrogens with zero attached hydrogens (tertiary/aromatic N) is 6. The van der Waals surface area contributed by atoms with Crippen LogP contribution in [0.1, 0.15) is 46.4 Å². The van der Waals surface area contributed by atoms with Gasteiger partial charge in [0.05, 0.1) is 6.20 Å². The maximum absolute atomic E-state index is 14.5. The molecule has 3 aromatic rings. The Morgan fingerprint density at radius 3 is 2.75 bits per heavy atom. The molecular formula is C21H26FN9O. The van der Waals surface area contributed by atoms with E-state index in [0.717, 1.165) is 12.8 Å². The van der Waals surface area contributed by atoms with Crippen LogP contribution < -0.4 is 20.7 Å². The van der Waals surface area contributed by atoms with E-state index in [4.69, 9.17) is 4.74 Å². The quantitative estimate of drug-likeness (QED) is 0.564. The summed E-state index contributed by atoms with van der Waals surface area (Å²) in [4.78, 5) is 8.50. The minimum absolute atomic E-state index is 0.0652. The highest BCUT2D eigenvalue weighted by Gasteiger charge is 2.38. The third kappa shape index (κ3) is 4.07. The molecule has 10 nitrogen and oxygen atoms in total. The summed E-state index contributed by atoms with van der Waals surface area (Å²) < 4.78 is 21.8. The van der Waals surface area contributed by atoms with Gasteiger partial charge in [-0.3, -0.25) is 0 Å². The Morgan fingerprint density at radius 2 is 1.97 bits per heavy atom. The first kappa shape index (κ1) is 20.6. The van der Waals surface area contributed by atoms with E-state index in [9.17, 15) is 4.39 Å². The summed E-state index contributed by atoms with van der Waals surface area (Å²) >= 11 is 0. The van der Waals surface area contributed by atoms with E-state index in [1.165, 1.54) is 6.20 Å². The number of aromatic nitrogens is 6. The number of anilines is 3. The van der Waals surface area contributed by atoms with Gasteiger partial charge in [0.2, 0.25) is 5.95 Å². The Balaban J connectivity index is 1.37. The van der Waals surface area contributed by atoms with Gasteiger partial charge >= 0.3 is 0 Å². The molecule has 2 aliphatic heterocycles. The Morgan fingerprint density at radius 1 is 1.19 bits per heavy atom. The highest BCUT2D eigenvalue weighted by atomic mass is 19.1. The Hall–Kier alpha value is -3.34. The molecule has 0 atom stereocenters. The van der Waals surface area contributed by atoms with Gasteiger partial charge in [0.25, 0.3) is 0 Å². The molecule has 1 aromatic carbocycles. The largest absolute Gasteiger partial charge is 0.483 e. The lowest BCUT2D eigenvalue weighted by Crippen LogP contribution is -2.60. The van der Waals surface area contributed by atoms with Gasteiger partial charge in [0, 0.05) is 22.8 Å². The number of piperidine rings is 1. The molecule has 0 unspecified atom stereocenters. The zero-order valence-electron chi connectivity index (χ0n) is 18.5. The fourth-order valence-corrected chi connectivity index (χ4v) is 4.78. The van der Waals surface area contributed by atoms with Gasteiger partial charge in [-0.05, 0) is 69.2 Å². The van der Waals surface area contributed by atoms with Gasteiger partial charge in [-0.25, -0.2) is 9.37 Å². The topological polar surface area (TPSA) is 115 Å². The van der Waals surface area contributed by atoms with E-state index in [1.54, 1.807) is 4.68 Å². The summed E-state index contributed by atoms with van der Waals surface area (Å²) in [5, 5.41) is 21.7. The molecule has 32 heavy (non-hydrogen) atoms. The van der Waals surface area contributed by atoms with Gasteiger partial charge < -0.3 is 20.7 Å². The molecule has 0 saturated carbocycles. The fraction of sp³-hybridized carbons (Fsp3) is 0.476. The average molecular weight is 439 g/mol. The van der Waals surface area contributed by atoms with Gasteiger partial charge in [-0.2, -0.15) is 9.67 Å². The lowest BCUT2D eigenvalue weighted by Gasteiger charge is -2.46. The molecule has 1 saturated heterocycles. The molecule has 1 fully saturated rings. The molecule has 5 rings (SSSR count). The van der Waals surface area contributed by atoms with Crippen LogP contribution in [0.2, 0.25) is 0 Å². The van der Waals surface area contributed by atoms with Crippen LogP contribution in [0.4, 0.5) is 21.8 Å². The second-order valence-electron chi connectivity index (χ2n) is 9.64. The van der Waals surface area contributed by atoms with Crippen molar-refractivity contribution in [3.8, 4) is 11.4 Å². The molecule has 2 aliphatic rings. The summed E-state index contributed by atoms with van der Waals surface area (Å²) in [5.74, 6) is 1.28. The lowest BCUT2D eigenvalue weighted by molar-refractivity contribution is 0.170. The number of nitrogens with one attached hydrogen (secondary N) is 3. The van der Waals surface area contributed by atoms with E-state index < -0.39 is 5.82 Å². The van der Waals surface area contributed by atoms with Crippen LogP contribution in [0.3, 0.4) is 0 Å². The standard InChI is InChI=1S/C21H26FN9O/c1-20(2)8-13(9-21(3,4)28-20)24-18-14(22)10-23-19(26-18)25-12-5-6-16-15(7-12)31-17(11-32-16)27-29-30-31/h5-7,10,13,28H,8-9,11H2,1-4H3,(H2,23,24,25,26). The number of rotatable bonds is 4. The summed E-state index contributed by atoms with van der Waals surface area (Å²) in [7, 11) is 0. The van der Waals surface area contributed by atoms with Crippen molar-refractivity contribution >= 4 is 17.5 Å². The van der Waals surface area contributed by atoms with E-state index in [2.05, 4.69) is 69.1 Å². The number of benzene rings is 1. The third-order valence-corrected chi connectivity index (χ3v) is 5.61. The van der Waals surface area contributed by atoms with Gasteiger partial charge in [-0.15, -0.1) is 5.10 Å². The van der Waals surface area contributed by atoms with E-state index in [0.29, 0.717) is 29.6 Å². The van der Waals surface area contributed by atoms with Crippen LogP contribution in [0.25, 0.3) is 5.69 Å². The summed E-state index contributed by atoms with van der Waals surface area (Å²) in [6, 6.07) is 5.58. The summed E-state index contributed by atoms with van der Waals surface area (Å²) in [6.45, 7) is 8.93. The van der Waals surface area contributed by atoms with Crippen LogP contribution in [-0.4, -0.2) is 47.3 Å². The van der Waals surface area contributed by atoms with Crippen LogP contribution in [0, 0.1) is 5.82 Å². The minimum Gasteiger partial charge on any atom is -0.483 e. The molecule has 0 spiro atoms. The molecule has 0 bridgehead atoms. The molecule has 0 amide bonds. The maximum Gasteiger partial charge on any atom is 0.229 e. The van der Waals surface area contributed by atoms with Crippen molar-refractivity contribution < 1.29 is 9.13 Å². The molecule has 11 heteroatoms. The average Bonchev–Trinajstić information content (AvgIpc) is 3.17. The van der Waals surface area contributed by atoms with Gasteiger partial charge in [0.1, 0.15) is 18.0 Å². The van der Waals surface area contributed by atoms with E-state index in [1.807, 2.05) is 18.2 Å². The van der Waals surface area contributed by atoms with E-state index in [-0.39, 0.29) is 28.9 Å². The number of tetrazole rings is 1. The predicted octanol–water partition coefficient (Wildman–Crippen LogP) is 2.95.